The lowest BCUT2D eigenvalue weighted by atomic mass is 10.2. The van der Waals surface area contributed by atoms with E-state index >= 15 is 0 Å². The quantitative estimate of drug-likeness (QED) is 0.907. The number of aromatic carboxylic acids is 1. The molecule has 0 saturated heterocycles. The fourth-order valence-corrected chi connectivity index (χ4v) is 2.61. The van der Waals surface area contributed by atoms with Crippen LogP contribution >= 0.6 is 22.9 Å². The predicted molar refractivity (Wildman–Crippen MR) is 77.2 cm³/mol. The SMILES string of the molecule is COc1ccc(C(=O)O)cc1NC(=O)c1sccc1Cl. The van der Waals surface area contributed by atoms with Crippen LogP contribution in [0.5, 0.6) is 5.75 Å². The van der Waals surface area contributed by atoms with Crippen molar-refractivity contribution in [1.82, 2.24) is 0 Å². The molecule has 0 atom stereocenters. The van der Waals surface area contributed by atoms with Crippen molar-refractivity contribution in [3.63, 3.8) is 0 Å². The second-order valence-corrected chi connectivity index (χ2v) is 5.10. The Morgan fingerprint density at radius 1 is 1.35 bits per heavy atom. The number of hydrogen-bond donors (Lipinski definition) is 2. The van der Waals surface area contributed by atoms with Gasteiger partial charge in [-0.1, -0.05) is 11.6 Å². The van der Waals surface area contributed by atoms with E-state index in [4.69, 9.17) is 21.4 Å². The third kappa shape index (κ3) is 2.92. The Hall–Kier alpha value is -2.05. The molecule has 7 heteroatoms. The van der Waals surface area contributed by atoms with Crippen molar-refractivity contribution in [2.75, 3.05) is 12.4 Å². The van der Waals surface area contributed by atoms with Crippen molar-refractivity contribution in [3.8, 4) is 5.75 Å². The van der Waals surface area contributed by atoms with Gasteiger partial charge in [0.15, 0.2) is 0 Å². The summed E-state index contributed by atoms with van der Waals surface area (Å²) >= 11 is 7.08. The summed E-state index contributed by atoms with van der Waals surface area (Å²) in [4.78, 5) is 23.4. The summed E-state index contributed by atoms with van der Waals surface area (Å²) < 4.78 is 5.09. The molecule has 0 aliphatic heterocycles. The molecule has 0 spiro atoms. The number of rotatable bonds is 4. The van der Waals surface area contributed by atoms with Gasteiger partial charge in [-0.15, -0.1) is 11.3 Å². The van der Waals surface area contributed by atoms with Gasteiger partial charge in [-0.05, 0) is 29.6 Å². The van der Waals surface area contributed by atoms with Crippen LogP contribution in [0.4, 0.5) is 5.69 Å². The molecule has 2 N–H and O–H groups in total. The number of halogens is 1. The summed E-state index contributed by atoms with van der Waals surface area (Å²) in [7, 11) is 1.43. The van der Waals surface area contributed by atoms with Gasteiger partial charge >= 0.3 is 5.97 Å². The summed E-state index contributed by atoms with van der Waals surface area (Å²) in [6.07, 6.45) is 0. The molecule has 5 nitrogen and oxygen atoms in total. The number of carboxylic acid groups (broad SMARTS) is 1. The summed E-state index contributed by atoms with van der Waals surface area (Å²) in [5.41, 5.74) is 0.334. The molecule has 0 fully saturated rings. The minimum absolute atomic E-state index is 0.0541. The van der Waals surface area contributed by atoms with Gasteiger partial charge < -0.3 is 15.2 Å². The van der Waals surface area contributed by atoms with E-state index in [0.29, 0.717) is 15.6 Å². The third-order valence-electron chi connectivity index (χ3n) is 2.52. The van der Waals surface area contributed by atoms with Gasteiger partial charge in [-0.25, -0.2) is 4.79 Å². The van der Waals surface area contributed by atoms with Crippen LogP contribution in [-0.4, -0.2) is 24.1 Å². The number of hydrogen-bond acceptors (Lipinski definition) is 4. The van der Waals surface area contributed by atoms with E-state index < -0.39 is 11.9 Å². The maximum atomic E-state index is 12.1. The lowest BCUT2D eigenvalue weighted by molar-refractivity contribution is 0.0696. The Labute approximate surface area is 123 Å². The van der Waals surface area contributed by atoms with Crippen LogP contribution in [-0.2, 0) is 0 Å². The molecule has 1 amide bonds. The summed E-state index contributed by atoms with van der Waals surface area (Å²) in [5, 5.41) is 13.6. The van der Waals surface area contributed by atoms with Crippen LogP contribution in [0.25, 0.3) is 0 Å². The Morgan fingerprint density at radius 2 is 2.10 bits per heavy atom. The Morgan fingerprint density at radius 3 is 2.65 bits per heavy atom. The Balaban J connectivity index is 2.32. The maximum absolute atomic E-state index is 12.1. The smallest absolute Gasteiger partial charge is 0.335 e. The summed E-state index contributed by atoms with van der Waals surface area (Å²) in [6.45, 7) is 0. The number of methoxy groups -OCH3 is 1. The highest BCUT2D eigenvalue weighted by molar-refractivity contribution is 7.12. The second kappa shape index (κ2) is 5.94. The molecule has 2 rings (SSSR count). The van der Waals surface area contributed by atoms with E-state index in [2.05, 4.69) is 5.32 Å². The van der Waals surface area contributed by atoms with Crippen LogP contribution in [0.15, 0.2) is 29.6 Å². The number of anilines is 1. The molecule has 0 bridgehead atoms. The standard InChI is InChI=1S/C13H10ClNO4S/c1-19-10-3-2-7(13(17)18)6-9(10)15-12(16)11-8(14)4-5-20-11/h2-6H,1H3,(H,15,16)(H,17,18). The highest BCUT2D eigenvalue weighted by Crippen LogP contribution is 2.28. The van der Waals surface area contributed by atoms with Gasteiger partial charge in [0.1, 0.15) is 10.6 Å². The van der Waals surface area contributed by atoms with Crippen LogP contribution in [0.2, 0.25) is 5.02 Å². The molecule has 1 aromatic carbocycles. The minimum atomic E-state index is -1.09. The number of carboxylic acids is 1. The average molecular weight is 312 g/mol. The van der Waals surface area contributed by atoms with Gasteiger partial charge in [0.05, 0.1) is 23.4 Å². The molecular weight excluding hydrogens is 302 g/mol. The van der Waals surface area contributed by atoms with E-state index in [-0.39, 0.29) is 11.3 Å². The maximum Gasteiger partial charge on any atom is 0.335 e. The number of benzene rings is 1. The van der Waals surface area contributed by atoms with Crippen molar-refractivity contribution >= 4 is 40.5 Å². The topological polar surface area (TPSA) is 75.6 Å². The van der Waals surface area contributed by atoms with E-state index in [0.717, 1.165) is 0 Å². The van der Waals surface area contributed by atoms with Crippen molar-refractivity contribution in [3.05, 3.63) is 45.1 Å². The van der Waals surface area contributed by atoms with E-state index in [9.17, 15) is 9.59 Å². The van der Waals surface area contributed by atoms with Crippen LogP contribution in [0, 0.1) is 0 Å². The van der Waals surface area contributed by atoms with Crippen LogP contribution in [0.1, 0.15) is 20.0 Å². The highest BCUT2D eigenvalue weighted by Gasteiger charge is 2.15. The Bertz CT molecular complexity index is 668. The van der Waals surface area contributed by atoms with Crippen LogP contribution < -0.4 is 10.1 Å². The molecule has 0 radical (unpaired) electrons. The van der Waals surface area contributed by atoms with Gasteiger partial charge in [-0.2, -0.15) is 0 Å². The van der Waals surface area contributed by atoms with Crippen molar-refractivity contribution < 1.29 is 19.4 Å². The minimum Gasteiger partial charge on any atom is -0.495 e. The van der Waals surface area contributed by atoms with Gasteiger partial charge in [0.2, 0.25) is 0 Å². The van der Waals surface area contributed by atoms with Crippen molar-refractivity contribution in [2.24, 2.45) is 0 Å². The zero-order valence-electron chi connectivity index (χ0n) is 10.3. The first-order valence-electron chi connectivity index (χ1n) is 5.48. The predicted octanol–water partition coefficient (Wildman–Crippen LogP) is 3.36. The molecule has 1 heterocycles. The lowest BCUT2D eigenvalue weighted by Crippen LogP contribution is -2.12. The zero-order valence-corrected chi connectivity index (χ0v) is 11.9. The fourth-order valence-electron chi connectivity index (χ4n) is 1.57. The molecule has 1 aromatic heterocycles. The first-order chi connectivity index (χ1) is 9.52. The fraction of sp³-hybridized carbons (Fsp3) is 0.0769. The zero-order chi connectivity index (χ0) is 14.7. The van der Waals surface area contributed by atoms with E-state index in [1.165, 1.54) is 36.6 Å². The molecule has 0 unspecified atom stereocenters. The highest BCUT2D eigenvalue weighted by atomic mass is 35.5. The largest absolute Gasteiger partial charge is 0.495 e. The van der Waals surface area contributed by atoms with E-state index in [1.54, 1.807) is 11.4 Å². The lowest BCUT2D eigenvalue weighted by Gasteiger charge is -2.10. The van der Waals surface area contributed by atoms with Crippen molar-refractivity contribution in [1.29, 1.82) is 0 Å². The van der Waals surface area contributed by atoms with Gasteiger partial charge in [0, 0.05) is 0 Å². The van der Waals surface area contributed by atoms with E-state index in [1.807, 2.05) is 0 Å². The third-order valence-corrected chi connectivity index (χ3v) is 3.86. The number of ether oxygens (including phenoxy) is 1. The molecular formula is C13H10ClNO4S. The van der Waals surface area contributed by atoms with Crippen LogP contribution in [0.3, 0.4) is 0 Å². The average Bonchev–Trinajstić information content (AvgIpc) is 2.84. The molecule has 0 saturated carbocycles. The van der Waals surface area contributed by atoms with Gasteiger partial charge in [0.25, 0.3) is 5.91 Å². The number of thiophene rings is 1. The number of carbonyl (C=O) groups is 2. The molecule has 2 aromatic rings. The van der Waals surface area contributed by atoms with Crippen molar-refractivity contribution in [2.45, 2.75) is 0 Å². The summed E-state index contributed by atoms with van der Waals surface area (Å²) in [6, 6.07) is 5.83. The molecule has 0 aliphatic carbocycles. The first-order valence-corrected chi connectivity index (χ1v) is 6.74. The first kappa shape index (κ1) is 14.4. The monoisotopic (exact) mass is 311 g/mol. The normalized spacial score (nSPS) is 10.1. The Kier molecular flexibility index (Phi) is 4.26. The number of nitrogens with one attached hydrogen (secondary N) is 1. The molecule has 104 valence electrons. The molecule has 0 aliphatic rings. The second-order valence-electron chi connectivity index (χ2n) is 3.77. The number of carbonyl (C=O) groups excluding carboxylic acids is 1. The summed E-state index contributed by atoms with van der Waals surface area (Å²) in [5.74, 6) is -1.13. The molecule has 20 heavy (non-hydrogen) atoms. The van der Waals surface area contributed by atoms with Gasteiger partial charge in [-0.3, -0.25) is 4.79 Å². The number of amides is 1.